The van der Waals surface area contributed by atoms with Crippen LogP contribution in [0.1, 0.15) is 44.2 Å². The van der Waals surface area contributed by atoms with E-state index in [0.29, 0.717) is 12.1 Å². The molecule has 3 aromatic rings. The molecule has 7 nitrogen and oxygen atoms in total. The van der Waals surface area contributed by atoms with Gasteiger partial charge in [-0.3, -0.25) is 13.9 Å². The lowest BCUT2D eigenvalue weighted by Gasteiger charge is -2.33. The molecule has 214 valence electrons. The summed E-state index contributed by atoms with van der Waals surface area (Å²) < 4.78 is 55.8. The molecule has 0 fully saturated rings. The second kappa shape index (κ2) is 14.0. The standard InChI is InChI=1S/C30H35F2N3O4S/c1-4-6-19-33-30(37)28(5-2)34(20-23-9-11-24(31)12-10-23)29(36)21-35(26-15-13-25(32)14-16-26)40(38,39)27-17-7-22(3)8-18-27/h7-18,28H,4-6,19-21H2,1-3H3,(H,33,37). The van der Waals surface area contributed by atoms with Gasteiger partial charge in [-0.15, -0.1) is 0 Å². The molecule has 3 aromatic carbocycles. The van der Waals surface area contributed by atoms with Crippen molar-refractivity contribution in [2.24, 2.45) is 0 Å². The van der Waals surface area contributed by atoms with Gasteiger partial charge < -0.3 is 10.2 Å². The summed E-state index contributed by atoms with van der Waals surface area (Å²) >= 11 is 0. The maximum Gasteiger partial charge on any atom is 0.264 e. The summed E-state index contributed by atoms with van der Waals surface area (Å²) in [5.74, 6) is -2.00. The molecule has 0 spiro atoms. The third kappa shape index (κ3) is 7.88. The van der Waals surface area contributed by atoms with E-state index in [1.165, 1.54) is 53.4 Å². The van der Waals surface area contributed by atoms with Crippen molar-refractivity contribution in [3.05, 3.63) is 95.6 Å². The van der Waals surface area contributed by atoms with Crippen LogP contribution in [-0.4, -0.2) is 44.3 Å². The third-order valence-corrected chi connectivity index (χ3v) is 8.27. The van der Waals surface area contributed by atoms with Crippen molar-refractivity contribution < 1.29 is 26.8 Å². The lowest BCUT2D eigenvalue weighted by molar-refractivity contribution is -0.140. The monoisotopic (exact) mass is 571 g/mol. The molecule has 1 unspecified atom stereocenters. The highest BCUT2D eigenvalue weighted by Crippen LogP contribution is 2.25. The Balaban J connectivity index is 2.02. The summed E-state index contributed by atoms with van der Waals surface area (Å²) in [5, 5.41) is 2.85. The highest BCUT2D eigenvalue weighted by Gasteiger charge is 2.33. The zero-order chi connectivity index (χ0) is 29.3. The highest BCUT2D eigenvalue weighted by atomic mass is 32.2. The molecule has 0 heterocycles. The maximum absolute atomic E-state index is 13.9. The number of carbonyl (C=O) groups is 2. The van der Waals surface area contributed by atoms with Gasteiger partial charge in [0.15, 0.2) is 0 Å². The van der Waals surface area contributed by atoms with Crippen LogP contribution >= 0.6 is 0 Å². The van der Waals surface area contributed by atoms with Crippen LogP contribution in [-0.2, 0) is 26.2 Å². The predicted octanol–water partition coefficient (Wildman–Crippen LogP) is 5.19. The fourth-order valence-electron chi connectivity index (χ4n) is 4.19. The van der Waals surface area contributed by atoms with E-state index in [9.17, 15) is 26.8 Å². The van der Waals surface area contributed by atoms with Gasteiger partial charge in [0.2, 0.25) is 11.8 Å². The summed E-state index contributed by atoms with van der Waals surface area (Å²) in [6.45, 7) is 5.33. The molecule has 0 aliphatic rings. The van der Waals surface area contributed by atoms with Crippen LogP contribution in [0, 0.1) is 18.6 Å². The first-order valence-electron chi connectivity index (χ1n) is 13.2. The van der Waals surface area contributed by atoms with Crippen LogP contribution in [0.4, 0.5) is 14.5 Å². The van der Waals surface area contributed by atoms with E-state index in [1.807, 2.05) is 13.8 Å². The summed E-state index contributed by atoms with van der Waals surface area (Å²) in [4.78, 5) is 28.3. The largest absolute Gasteiger partial charge is 0.354 e. The van der Waals surface area contributed by atoms with Crippen molar-refractivity contribution in [3.8, 4) is 0 Å². The Morgan fingerprint density at radius 1 is 0.875 bits per heavy atom. The number of nitrogens with one attached hydrogen (secondary N) is 1. The zero-order valence-corrected chi connectivity index (χ0v) is 23.8. The minimum absolute atomic E-state index is 0.0374. The summed E-state index contributed by atoms with van der Waals surface area (Å²) in [6.07, 6.45) is 1.91. The number of amides is 2. The van der Waals surface area contributed by atoms with E-state index in [0.717, 1.165) is 34.8 Å². The molecule has 40 heavy (non-hydrogen) atoms. The second-order valence-electron chi connectivity index (χ2n) is 9.52. The van der Waals surface area contributed by atoms with Gasteiger partial charge in [0.25, 0.3) is 10.0 Å². The Kier molecular flexibility index (Phi) is 10.8. The predicted molar refractivity (Wildman–Crippen MR) is 151 cm³/mol. The molecule has 1 atom stereocenters. The fourth-order valence-corrected chi connectivity index (χ4v) is 5.60. The van der Waals surface area contributed by atoms with Gasteiger partial charge in [0.1, 0.15) is 24.2 Å². The van der Waals surface area contributed by atoms with Gasteiger partial charge in [-0.1, -0.05) is 50.1 Å². The van der Waals surface area contributed by atoms with Crippen LogP contribution in [0.25, 0.3) is 0 Å². The average Bonchev–Trinajstić information content (AvgIpc) is 2.93. The smallest absolute Gasteiger partial charge is 0.264 e. The van der Waals surface area contributed by atoms with E-state index in [-0.39, 0.29) is 29.5 Å². The normalized spacial score (nSPS) is 12.0. The van der Waals surface area contributed by atoms with Gasteiger partial charge in [0.05, 0.1) is 10.6 Å². The van der Waals surface area contributed by atoms with Crippen LogP contribution < -0.4 is 9.62 Å². The first-order valence-corrected chi connectivity index (χ1v) is 14.7. The Morgan fingerprint density at radius 3 is 2.00 bits per heavy atom. The quantitative estimate of drug-likeness (QED) is 0.286. The third-order valence-electron chi connectivity index (χ3n) is 6.48. The molecule has 0 bridgehead atoms. The van der Waals surface area contributed by atoms with E-state index >= 15 is 0 Å². The van der Waals surface area contributed by atoms with Crippen molar-refractivity contribution >= 4 is 27.5 Å². The number of hydrogen-bond acceptors (Lipinski definition) is 4. The number of aryl methyl sites for hydroxylation is 1. The van der Waals surface area contributed by atoms with E-state index in [4.69, 9.17) is 0 Å². The van der Waals surface area contributed by atoms with E-state index in [2.05, 4.69) is 5.32 Å². The van der Waals surface area contributed by atoms with Crippen LogP contribution in [0.5, 0.6) is 0 Å². The Morgan fingerprint density at radius 2 is 1.45 bits per heavy atom. The molecule has 0 aliphatic carbocycles. The summed E-state index contributed by atoms with van der Waals surface area (Å²) in [7, 11) is -4.25. The summed E-state index contributed by atoms with van der Waals surface area (Å²) in [5.41, 5.74) is 1.52. The molecule has 0 aliphatic heterocycles. The number of carbonyl (C=O) groups excluding carboxylic acids is 2. The lowest BCUT2D eigenvalue weighted by atomic mass is 10.1. The van der Waals surface area contributed by atoms with Crippen molar-refractivity contribution in [1.29, 1.82) is 0 Å². The van der Waals surface area contributed by atoms with Crippen LogP contribution in [0.3, 0.4) is 0 Å². The molecular formula is C30H35F2N3O4S. The number of sulfonamides is 1. The zero-order valence-electron chi connectivity index (χ0n) is 22.9. The minimum Gasteiger partial charge on any atom is -0.354 e. The van der Waals surface area contributed by atoms with Gasteiger partial charge >= 0.3 is 0 Å². The molecule has 0 saturated carbocycles. The number of anilines is 1. The SMILES string of the molecule is CCCCNC(=O)C(CC)N(Cc1ccc(F)cc1)C(=O)CN(c1ccc(F)cc1)S(=O)(=O)c1ccc(C)cc1. The molecule has 0 radical (unpaired) electrons. The molecule has 0 aromatic heterocycles. The Bertz CT molecular complexity index is 1380. The Labute approximate surface area is 234 Å². The lowest BCUT2D eigenvalue weighted by Crippen LogP contribution is -2.52. The summed E-state index contributed by atoms with van der Waals surface area (Å²) in [6, 6.07) is 15.6. The molecular weight excluding hydrogens is 536 g/mol. The van der Waals surface area contributed by atoms with E-state index < -0.39 is 40.2 Å². The molecule has 0 saturated heterocycles. The maximum atomic E-state index is 13.9. The van der Waals surface area contributed by atoms with Gasteiger partial charge in [0, 0.05) is 13.1 Å². The van der Waals surface area contributed by atoms with Crippen molar-refractivity contribution in [2.45, 2.75) is 57.5 Å². The van der Waals surface area contributed by atoms with Crippen molar-refractivity contribution in [2.75, 3.05) is 17.4 Å². The topological polar surface area (TPSA) is 86.8 Å². The van der Waals surface area contributed by atoms with Crippen LogP contribution in [0.15, 0.2) is 77.7 Å². The highest BCUT2D eigenvalue weighted by molar-refractivity contribution is 7.92. The number of halogens is 2. The Hall–Kier alpha value is -3.79. The van der Waals surface area contributed by atoms with E-state index in [1.54, 1.807) is 19.1 Å². The molecule has 1 N–H and O–H groups in total. The first-order chi connectivity index (χ1) is 19.1. The molecule has 10 heteroatoms. The van der Waals surface area contributed by atoms with Crippen LogP contribution in [0.2, 0.25) is 0 Å². The first kappa shape index (κ1) is 30.7. The fraction of sp³-hybridized carbons (Fsp3) is 0.333. The number of benzene rings is 3. The van der Waals surface area contributed by atoms with Gasteiger partial charge in [-0.25, -0.2) is 17.2 Å². The van der Waals surface area contributed by atoms with Crippen molar-refractivity contribution in [1.82, 2.24) is 10.2 Å². The second-order valence-corrected chi connectivity index (χ2v) is 11.4. The minimum atomic E-state index is -4.25. The number of unbranched alkanes of at least 4 members (excludes halogenated alkanes) is 1. The number of nitrogens with zero attached hydrogens (tertiary/aromatic N) is 2. The average molecular weight is 572 g/mol. The van der Waals surface area contributed by atoms with Gasteiger partial charge in [-0.05, 0) is 73.9 Å². The molecule has 2 amide bonds. The number of rotatable bonds is 13. The molecule has 3 rings (SSSR count). The van der Waals surface area contributed by atoms with Crippen molar-refractivity contribution in [3.63, 3.8) is 0 Å². The van der Waals surface area contributed by atoms with Gasteiger partial charge in [-0.2, -0.15) is 0 Å². The number of hydrogen-bond donors (Lipinski definition) is 1.